The summed E-state index contributed by atoms with van der Waals surface area (Å²) in [7, 11) is 0. The summed E-state index contributed by atoms with van der Waals surface area (Å²) in [5, 5.41) is 0. The standard InChI is InChI=1S/C16H16O/c1-5-12-13-8-7-11(10-17)9-15(13)16(3,4)14(12)6-2/h5-10H,1-2H2,3-4H3. The Labute approximate surface area is 102 Å². The molecule has 0 atom stereocenters. The molecule has 0 radical (unpaired) electrons. The highest BCUT2D eigenvalue weighted by Gasteiger charge is 2.35. The van der Waals surface area contributed by atoms with Crippen molar-refractivity contribution in [1.82, 2.24) is 0 Å². The van der Waals surface area contributed by atoms with Gasteiger partial charge in [-0.2, -0.15) is 0 Å². The van der Waals surface area contributed by atoms with Gasteiger partial charge in [0.1, 0.15) is 6.29 Å². The van der Waals surface area contributed by atoms with E-state index in [9.17, 15) is 4.79 Å². The second-order valence-corrected chi connectivity index (χ2v) is 4.78. The van der Waals surface area contributed by atoms with Crippen LogP contribution in [0.3, 0.4) is 0 Å². The van der Waals surface area contributed by atoms with E-state index in [1.165, 1.54) is 11.1 Å². The molecule has 86 valence electrons. The molecule has 1 aromatic rings. The normalized spacial score (nSPS) is 16.6. The number of carbonyl (C=O) groups is 1. The molecule has 1 aromatic carbocycles. The molecule has 0 bridgehead atoms. The molecule has 0 fully saturated rings. The van der Waals surface area contributed by atoms with Crippen LogP contribution in [0.25, 0.3) is 5.57 Å². The topological polar surface area (TPSA) is 17.1 Å². The second-order valence-electron chi connectivity index (χ2n) is 4.78. The number of fused-ring (bicyclic) bond motifs is 1. The van der Waals surface area contributed by atoms with Crippen molar-refractivity contribution in [3.05, 3.63) is 65.8 Å². The summed E-state index contributed by atoms with van der Waals surface area (Å²) in [5.74, 6) is 0. The monoisotopic (exact) mass is 224 g/mol. The van der Waals surface area contributed by atoms with Crippen LogP contribution in [0.5, 0.6) is 0 Å². The average Bonchev–Trinajstić information content (AvgIpc) is 2.56. The van der Waals surface area contributed by atoms with Crippen molar-refractivity contribution < 1.29 is 4.79 Å². The van der Waals surface area contributed by atoms with E-state index in [1.54, 1.807) is 0 Å². The molecule has 1 aliphatic rings. The molecular formula is C16H16O. The molecule has 1 nitrogen and oxygen atoms in total. The van der Waals surface area contributed by atoms with Gasteiger partial charge in [-0.05, 0) is 28.3 Å². The van der Waals surface area contributed by atoms with Crippen molar-refractivity contribution in [1.29, 1.82) is 0 Å². The molecule has 0 amide bonds. The Morgan fingerprint density at radius 3 is 2.41 bits per heavy atom. The van der Waals surface area contributed by atoms with Crippen molar-refractivity contribution in [2.75, 3.05) is 0 Å². The molecule has 0 aliphatic heterocycles. The molecule has 17 heavy (non-hydrogen) atoms. The quantitative estimate of drug-likeness (QED) is 0.711. The first-order chi connectivity index (χ1) is 8.06. The minimum absolute atomic E-state index is 0.111. The second kappa shape index (κ2) is 3.85. The third kappa shape index (κ3) is 1.50. The van der Waals surface area contributed by atoms with E-state index >= 15 is 0 Å². The largest absolute Gasteiger partial charge is 0.298 e. The number of carbonyl (C=O) groups excluding carboxylic acids is 1. The Bertz CT molecular complexity index is 545. The van der Waals surface area contributed by atoms with Crippen molar-refractivity contribution in [2.24, 2.45) is 0 Å². The maximum absolute atomic E-state index is 10.9. The molecule has 0 saturated carbocycles. The third-order valence-electron chi connectivity index (χ3n) is 3.51. The van der Waals surface area contributed by atoms with E-state index in [0.29, 0.717) is 5.56 Å². The van der Waals surface area contributed by atoms with E-state index in [-0.39, 0.29) is 5.41 Å². The lowest BCUT2D eigenvalue weighted by molar-refractivity contribution is 0.112. The zero-order valence-corrected chi connectivity index (χ0v) is 10.3. The van der Waals surface area contributed by atoms with Gasteiger partial charge < -0.3 is 0 Å². The molecule has 0 heterocycles. The smallest absolute Gasteiger partial charge is 0.150 e. The van der Waals surface area contributed by atoms with Crippen LogP contribution in [0.15, 0.2) is 49.1 Å². The Morgan fingerprint density at radius 2 is 1.88 bits per heavy atom. The van der Waals surface area contributed by atoms with Crippen LogP contribution in [0.4, 0.5) is 0 Å². The predicted molar refractivity (Wildman–Crippen MR) is 72.2 cm³/mol. The van der Waals surface area contributed by atoms with Gasteiger partial charge in [0.2, 0.25) is 0 Å². The Balaban J connectivity index is 2.76. The summed E-state index contributed by atoms with van der Waals surface area (Å²) < 4.78 is 0. The van der Waals surface area contributed by atoms with Gasteiger partial charge in [-0.25, -0.2) is 0 Å². The first-order valence-electron chi connectivity index (χ1n) is 5.66. The highest BCUT2D eigenvalue weighted by molar-refractivity contribution is 5.89. The fourth-order valence-corrected chi connectivity index (χ4v) is 2.60. The van der Waals surface area contributed by atoms with Crippen LogP contribution in [0, 0.1) is 0 Å². The summed E-state index contributed by atoms with van der Waals surface area (Å²) in [5.41, 5.74) is 5.23. The molecule has 1 heteroatoms. The van der Waals surface area contributed by atoms with Crippen LogP contribution < -0.4 is 0 Å². The number of allylic oxidation sites excluding steroid dienone is 4. The van der Waals surface area contributed by atoms with E-state index in [1.807, 2.05) is 30.4 Å². The minimum atomic E-state index is -0.111. The zero-order valence-electron chi connectivity index (χ0n) is 10.3. The predicted octanol–water partition coefficient (Wildman–Crippen LogP) is 3.92. The van der Waals surface area contributed by atoms with Gasteiger partial charge in [-0.15, -0.1) is 0 Å². The van der Waals surface area contributed by atoms with Crippen LogP contribution in [0.2, 0.25) is 0 Å². The van der Waals surface area contributed by atoms with Crippen LogP contribution in [0.1, 0.15) is 35.3 Å². The molecule has 0 unspecified atom stereocenters. The molecule has 0 saturated heterocycles. The first-order valence-corrected chi connectivity index (χ1v) is 5.66. The van der Waals surface area contributed by atoms with Gasteiger partial charge in [0, 0.05) is 11.0 Å². The van der Waals surface area contributed by atoms with E-state index < -0.39 is 0 Å². The van der Waals surface area contributed by atoms with E-state index in [2.05, 4.69) is 27.0 Å². The zero-order chi connectivity index (χ0) is 12.6. The number of hydrogen-bond acceptors (Lipinski definition) is 1. The van der Waals surface area contributed by atoms with Crippen molar-refractivity contribution >= 4 is 11.9 Å². The van der Waals surface area contributed by atoms with Gasteiger partial charge >= 0.3 is 0 Å². The van der Waals surface area contributed by atoms with Crippen molar-refractivity contribution in [2.45, 2.75) is 19.3 Å². The van der Waals surface area contributed by atoms with Crippen molar-refractivity contribution in [3.63, 3.8) is 0 Å². The SMILES string of the molecule is C=CC1=C(C=C)C(C)(C)c2cc(C=O)ccc21. The Morgan fingerprint density at radius 1 is 1.18 bits per heavy atom. The van der Waals surface area contributed by atoms with E-state index in [4.69, 9.17) is 0 Å². The maximum Gasteiger partial charge on any atom is 0.150 e. The lowest BCUT2D eigenvalue weighted by atomic mass is 9.81. The molecule has 2 rings (SSSR count). The minimum Gasteiger partial charge on any atom is -0.298 e. The highest BCUT2D eigenvalue weighted by Crippen LogP contribution is 2.47. The maximum atomic E-state index is 10.9. The number of rotatable bonds is 3. The molecule has 0 N–H and O–H groups in total. The van der Waals surface area contributed by atoms with Gasteiger partial charge in [-0.3, -0.25) is 4.79 Å². The Hall–Kier alpha value is -1.89. The number of benzene rings is 1. The van der Waals surface area contributed by atoms with Crippen LogP contribution in [-0.2, 0) is 5.41 Å². The fourth-order valence-electron chi connectivity index (χ4n) is 2.60. The number of hydrogen-bond donors (Lipinski definition) is 0. The van der Waals surface area contributed by atoms with Gasteiger partial charge in [0.25, 0.3) is 0 Å². The first kappa shape index (κ1) is 11.6. The summed E-state index contributed by atoms with van der Waals surface area (Å²) in [6, 6.07) is 5.80. The lowest BCUT2D eigenvalue weighted by Gasteiger charge is -2.22. The molecule has 1 aliphatic carbocycles. The summed E-state index contributed by atoms with van der Waals surface area (Å²) in [4.78, 5) is 10.9. The van der Waals surface area contributed by atoms with Crippen molar-refractivity contribution in [3.8, 4) is 0 Å². The van der Waals surface area contributed by atoms with E-state index in [0.717, 1.165) is 17.4 Å². The van der Waals surface area contributed by atoms with Crippen LogP contribution in [-0.4, -0.2) is 6.29 Å². The number of aldehydes is 1. The van der Waals surface area contributed by atoms with Gasteiger partial charge in [0.05, 0.1) is 0 Å². The Kier molecular flexibility index (Phi) is 2.62. The van der Waals surface area contributed by atoms with Crippen LogP contribution >= 0.6 is 0 Å². The summed E-state index contributed by atoms with van der Waals surface area (Å²) >= 11 is 0. The average molecular weight is 224 g/mol. The lowest BCUT2D eigenvalue weighted by Crippen LogP contribution is -2.16. The van der Waals surface area contributed by atoms with Gasteiger partial charge in [0.15, 0.2) is 0 Å². The van der Waals surface area contributed by atoms with Gasteiger partial charge in [-0.1, -0.05) is 51.3 Å². The molecule has 0 aromatic heterocycles. The highest BCUT2D eigenvalue weighted by atomic mass is 16.1. The summed E-state index contributed by atoms with van der Waals surface area (Å²) in [6.45, 7) is 12.1. The summed E-state index contributed by atoms with van der Waals surface area (Å²) in [6.07, 6.45) is 4.64. The third-order valence-corrected chi connectivity index (χ3v) is 3.51. The molecule has 0 spiro atoms. The molecular weight excluding hydrogens is 208 g/mol. The fraction of sp³-hybridized carbons (Fsp3) is 0.188.